The lowest BCUT2D eigenvalue weighted by Gasteiger charge is -2.35. The molecule has 2 saturated heterocycles. The van der Waals surface area contributed by atoms with Crippen molar-refractivity contribution in [3.63, 3.8) is 0 Å². The summed E-state index contributed by atoms with van der Waals surface area (Å²) in [4.78, 5) is 17.3. The van der Waals surface area contributed by atoms with E-state index in [1.165, 1.54) is 12.8 Å². The quantitative estimate of drug-likeness (QED) is 0.670. The molecule has 1 N–H and O–H groups in total. The van der Waals surface area contributed by atoms with Crippen molar-refractivity contribution >= 4 is 11.5 Å². The molecule has 3 heterocycles. The van der Waals surface area contributed by atoms with Crippen LogP contribution >= 0.6 is 0 Å². The van der Waals surface area contributed by atoms with Gasteiger partial charge in [0.1, 0.15) is 0 Å². The molecule has 2 unspecified atom stereocenters. The molecule has 2 aliphatic rings. The maximum absolute atomic E-state index is 11.1. The molecule has 0 bridgehead atoms. The van der Waals surface area contributed by atoms with Gasteiger partial charge in [0.15, 0.2) is 0 Å². The predicted molar refractivity (Wildman–Crippen MR) is 78.5 cm³/mol. The highest BCUT2D eigenvalue weighted by atomic mass is 16.6. The van der Waals surface area contributed by atoms with Crippen molar-refractivity contribution in [1.82, 2.24) is 9.88 Å². The number of rotatable bonds is 4. The largest absolute Gasteiger partial charge is 0.373 e. The number of aromatic nitrogens is 1. The molecule has 1 aromatic heterocycles. The van der Waals surface area contributed by atoms with Gasteiger partial charge in [0, 0.05) is 30.9 Å². The number of nitrogens with zero attached hydrogens (tertiary/aromatic N) is 3. The Morgan fingerprint density at radius 2 is 2.48 bits per heavy atom. The van der Waals surface area contributed by atoms with E-state index >= 15 is 0 Å². The fourth-order valence-electron chi connectivity index (χ4n) is 3.13. The summed E-state index contributed by atoms with van der Waals surface area (Å²) in [6, 6.07) is 2.21. The van der Waals surface area contributed by atoms with Crippen molar-refractivity contribution in [2.24, 2.45) is 0 Å². The van der Waals surface area contributed by atoms with Gasteiger partial charge in [0.05, 0.1) is 17.6 Å². The SMILES string of the molecule is Cc1ccnc(NCC2CN3CCCC3CO2)c1[N+](=O)[O-]. The van der Waals surface area contributed by atoms with Crippen LogP contribution in [-0.4, -0.2) is 53.2 Å². The summed E-state index contributed by atoms with van der Waals surface area (Å²) in [5, 5.41) is 14.2. The molecule has 0 saturated carbocycles. The second-order valence-corrected chi connectivity index (χ2v) is 5.71. The zero-order valence-corrected chi connectivity index (χ0v) is 12.1. The van der Waals surface area contributed by atoms with Gasteiger partial charge in [-0.2, -0.15) is 0 Å². The van der Waals surface area contributed by atoms with Crippen LogP contribution in [0.5, 0.6) is 0 Å². The highest BCUT2D eigenvalue weighted by Gasteiger charge is 2.32. The first-order valence-electron chi connectivity index (χ1n) is 7.34. The Balaban J connectivity index is 1.63. The molecule has 114 valence electrons. The van der Waals surface area contributed by atoms with E-state index in [9.17, 15) is 10.1 Å². The summed E-state index contributed by atoms with van der Waals surface area (Å²) >= 11 is 0. The number of ether oxygens (including phenoxy) is 1. The van der Waals surface area contributed by atoms with E-state index in [4.69, 9.17) is 4.74 Å². The Hall–Kier alpha value is -1.73. The van der Waals surface area contributed by atoms with E-state index in [2.05, 4.69) is 15.2 Å². The molecule has 2 atom stereocenters. The molecule has 0 aliphatic carbocycles. The van der Waals surface area contributed by atoms with Gasteiger partial charge in [-0.25, -0.2) is 4.98 Å². The maximum atomic E-state index is 11.1. The molecule has 0 amide bonds. The summed E-state index contributed by atoms with van der Waals surface area (Å²) in [7, 11) is 0. The third-order valence-electron chi connectivity index (χ3n) is 4.27. The van der Waals surface area contributed by atoms with Gasteiger partial charge in [0.2, 0.25) is 5.82 Å². The average Bonchev–Trinajstić information content (AvgIpc) is 2.92. The molecular formula is C14H20N4O3. The molecule has 0 spiro atoms. The third kappa shape index (κ3) is 2.98. The van der Waals surface area contributed by atoms with Crippen molar-refractivity contribution in [2.45, 2.75) is 31.9 Å². The number of anilines is 1. The van der Waals surface area contributed by atoms with Gasteiger partial charge in [0.25, 0.3) is 0 Å². The first kappa shape index (κ1) is 14.2. The normalized spacial score (nSPS) is 25.6. The number of fused-ring (bicyclic) bond motifs is 1. The lowest BCUT2D eigenvalue weighted by molar-refractivity contribution is -0.384. The van der Waals surface area contributed by atoms with Crippen LogP contribution in [-0.2, 0) is 4.74 Å². The smallest absolute Gasteiger partial charge is 0.314 e. The van der Waals surface area contributed by atoms with Crippen molar-refractivity contribution in [3.05, 3.63) is 27.9 Å². The van der Waals surface area contributed by atoms with Crippen molar-refractivity contribution in [3.8, 4) is 0 Å². The van der Waals surface area contributed by atoms with Crippen LogP contribution in [0.3, 0.4) is 0 Å². The Labute approximate surface area is 123 Å². The number of nitrogens with one attached hydrogen (secondary N) is 1. The first-order chi connectivity index (χ1) is 10.1. The number of hydrogen-bond donors (Lipinski definition) is 1. The van der Waals surface area contributed by atoms with Gasteiger partial charge in [-0.15, -0.1) is 0 Å². The van der Waals surface area contributed by atoms with Crippen LogP contribution in [0.1, 0.15) is 18.4 Å². The van der Waals surface area contributed by atoms with Crippen LogP contribution in [0, 0.1) is 17.0 Å². The number of aryl methyl sites for hydroxylation is 1. The topological polar surface area (TPSA) is 80.5 Å². The van der Waals surface area contributed by atoms with Gasteiger partial charge in [-0.05, 0) is 32.4 Å². The van der Waals surface area contributed by atoms with E-state index in [0.29, 0.717) is 24.0 Å². The summed E-state index contributed by atoms with van der Waals surface area (Å²) in [5.41, 5.74) is 0.661. The van der Waals surface area contributed by atoms with Crippen LogP contribution in [0.4, 0.5) is 11.5 Å². The fourth-order valence-corrected chi connectivity index (χ4v) is 3.13. The van der Waals surface area contributed by atoms with Gasteiger partial charge >= 0.3 is 5.69 Å². The zero-order valence-electron chi connectivity index (χ0n) is 12.1. The van der Waals surface area contributed by atoms with Crippen LogP contribution in [0.2, 0.25) is 0 Å². The van der Waals surface area contributed by atoms with E-state index in [0.717, 1.165) is 19.7 Å². The molecule has 7 nitrogen and oxygen atoms in total. The second-order valence-electron chi connectivity index (χ2n) is 5.71. The van der Waals surface area contributed by atoms with Gasteiger partial charge in [-0.1, -0.05) is 0 Å². The minimum absolute atomic E-state index is 0.0485. The van der Waals surface area contributed by atoms with Crippen LogP contribution in [0.25, 0.3) is 0 Å². The lowest BCUT2D eigenvalue weighted by atomic mass is 10.2. The Morgan fingerprint density at radius 1 is 1.62 bits per heavy atom. The molecule has 21 heavy (non-hydrogen) atoms. The summed E-state index contributed by atoms with van der Waals surface area (Å²) in [6.45, 7) is 5.04. The van der Waals surface area contributed by atoms with Crippen molar-refractivity contribution in [1.29, 1.82) is 0 Å². The Kier molecular flexibility index (Phi) is 4.03. The molecule has 2 fully saturated rings. The number of nitro groups is 1. The minimum Gasteiger partial charge on any atom is -0.373 e. The summed E-state index contributed by atoms with van der Waals surface area (Å²) < 4.78 is 5.84. The van der Waals surface area contributed by atoms with Crippen molar-refractivity contribution in [2.75, 3.05) is 31.6 Å². The fraction of sp³-hybridized carbons (Fsp3) is 0.643. The first-order valence-corrected chi connectivity index (χ1v) is 7.34. The number of pyridine rings is 1. The zero-order chi connectivity index (χ0) is 14.8. The summed E-state index contributed by atoms with van der Waals surface area (Å²) in [5.74, 6) is 0.326. The molecule has 2 aliphatic heterocycles. The second kappa shape index (κ2) is 5.95. The van der Waals surface area contributed by atoms with Gasteiger partial charge in [-0.3, -0.25) is 15.0 Å². The molecule has 7 heteroatoms. The lowest BCUT2D eigenvalue weighted by Crippen LogP contribution is -2.48. The van der Waals surface area contributed by atoms with E-state index in [1.54, 1.807) is 19.2 Å². The Bertz CT molecular complexity index is 537. The molecule has 1 aromatic rings. The third-order valence-corrected chi connectivity index (χ3v) is 4.27. The average molecular weight is 292 g/mol. The van der Waals surface area contributed by atoms with E-state index in [1.807, 2.05) is 0 Å². The molecule has 0 radical (unpaired) electrons. The van der Waals surface area contributed by atoms with Crippen LogP contribution in [0.15, 0.2) is 12.3 Å². The highest BCUT2D eigenvalue weighted by Crippen LogP contribution is 2.26. The van der Waals surface area contributed by atoms with E-state index < -0.39 is 0 Å². The van der Waals surface area contributed by atoms with Gasteiger partial charge < -0.3 is 10.1 Å². The number of morpholine rings is 1. The molecular weight excluding hydrogens is 272 g/mol. The summed E-state index contributed by atoms with van der Waals surface area (Å²) in [6.07, 6.45) is 4.09. The predicted octanol–water partition coefficient (Wildman–Crippen LogP) is 1.57. The molecule has 0 aromatic carbocycles. The Morgan fingerprint density at radius 3 is 3.29 bits per heavy atom. The minimum atomic E-state index is -0.386. The number of hydrogen-bond acceptors (Lipinski definition) is 6. The van der Waals surface area contributed by atoms with Crippen LogP contribution < -0.4 is 5.32 Å². The highest BCUT2D eigenvalue weighted by molar-refractivity contribution is 5.59. The maximum Gasteiger partial charge on any atom is 0.314 e. The standard InChI is InChI=1S/C14H20N4O3/c1-10-4-5-15-14(13(10)18(19)20)16-7-12-8-17-6-2-3-11(17)9-21-12/h4-5,11-12H,2-3,6-9H2,1H3,(H,15,16). The molecule has 3 rings (SSSR count). The monoisotopic (exact) mass is 292 g/mol. The van der Waals surface area contributed by atoms with E-state index in [-0.39, 0.29) is 16.7 Å². The van der Waals surface area contributed by atoms with Crippen molar-refractivity contribution < 1.29 is 9.66 Å².